The highest BCUT2D eigenvalue weighted by Gasteiger charge is 2.13. The van der Waals surface area contributed by atoms with Gasteiger partial charge in [-0.05, 0) is 11.6 Å². The summed E-state index contributed by atoms with van der Waals surface area (Å²) >= 11 is 11.5. The Kier molecular flexibility index (Phi) is 5.00. The molecule has 0 amide bonds. The summed E-state index contributed by atoms with van der Waals surface area (Å²) in [5, 5.41) is 0.284. The molecule has 2 nitrogen and oxygen atoms in total. The van der Waals surface area contributed by atoms with Gasteiger partial charge in [-0.1, -0.05) is 41.9 Å². The number of benzene rings is 1. The zero-order valence-corrected chi connectivity index (χ0v) is 11.7. The Morgan fingerprint density at radius 2 is 1.95 bits per heavy atom. The van der Waals surface area contributed by atoms with Crippen LogP contribution in [0.2, 0.25) is 5.02 Å². The summed E-state index contributed by atoms with van der Waals surface area (Å²) in [5.41, 5.74) is 1.07. The predicted molar refractivity (Wildman–Crippen MR) is 77.4 cm³/mol. The monoisotopic (exact) mass is 298 g/mol. The normalized spacial score (nSPS) is 10.5. The Labute approximate surface area is 121 Å². The summed E-state index contributed by atoms with van der Waals surface area (Å²) in [4.78, 5) is 5.85. The number of rotatable bonds is 5. The maximum atomic E-state index is 13.9. The van der Waals surface area contributed by atoms with E-state index in [1.165, 1.54) is 12.3 Å². The summed E-state index contributed by atoms with van der Waals surface area (Å²) in [6, 6.07) is 11.1. The lowest BCUT2D eigenvalue weighted by atomic mass is 10.2. The molecule has 19 heavy (non-hydrogen) atoms. The van der Waals surface area contributed by atoms with Gasteiger partial charge in [0.05, 0.1) is 5.02 Å². The van der Waals surface area contributed by atoms with Crippen LogP contribution in [0.5, 0.6) is 0 Å². The smallest absolute Gasteiger partial charge is 0.167 e. The topological polar surface area (TPSA) is 16.1 Å². The average molecular weight is 299 g/mol. The number of halogens is 3. The van der Waals surface area contributed by atoms with E-state index in [2.05, 4.69) is 4.98 Å². The van der Waals surface area contributed by atoms with Crippen LogP contribution in [0, 0.1) is 5.82 Å². The van der Waals surface area contributed by atoms with Crippen molar-refractivity contribution in [3.63, 3.8) is 0 Å². The van der Waals surface area contributed by atoms with Gasteiger partial charge in [-0.2, -0.15) is 0 Å². The van der Waals surface area contributed by atoms with E-state index in [0.29, 0.717) is 19.0 Å². The van der Waals surface area contributed by atoms with Crippen LogP contribution in [-0.4, -0.2) is 17.4 Å². The number of hydrogen-bond donors (Lipinski definition) is 0. The van der Waals surface area contributed by atoms with Crippen molar-refractivity contribution in [2.24, 2.45) is 0 Å². The molecular weight excluding hydrogens is 286 g/mol. The van der Waals surface area contributed by atoms with Gasteiger partial charge < -0.3 is 4.90 Å². The minimum atomic E-state index is -0.437. The summed E-state index contributed by atoms with van der Waals surface area (Å²) < 4.78 is 13.9. The van der Waals surface area contributed by atoms with Gasteiger partial charge in [-0.15, -0.1) is 11.6 Å². The number of pyridine rings is 1. The molecule has 1 aromatic heterocycles. The second-order valence-electron chi connectivity index (χ2n) is 4.06. The van der Waals surface area contributed by atoms with Crippen molar-refractivity contribution in [3.8, 4) is 0 Å². The Hall–Kier alpha value is -1.32. The molecule has 0 spiro atoms. The van der Waals surface area contributed by atoms with Gasteiger partial charge in [0.1, 0.15) is 0 Å². The van der Waals surface area contributed by atoms with E-state index in [0.717, 1.165) is 5.56 Å². The Balaban J connectivity index is 2.24. The van der Waals surface area contributed by atoms with E-state index in [-0.39, 0.29) is 10.8 Å². The van der Waals surface area contributed by atoms with Gasteiger partial charge in [-0.25, -0.2) is 9.37 Å². The number of aromatic nitrogens is 1. The molecule has 0 bridgehead atoms. The van der Waals surface area contributed by atoms with Gasteiger partial charge in [0, 0.05) is 25.2 Å². The van der Waals surface area contributed by atoms with Crippen LogP contribution < -0.4 is 4.90 Å². The van der Waals surface area contributed by atoms with Gasteiger partial charge in [0.15, 0.2) is 11.6 Å². The van der Waals surface area contributed by atoms with E-state index in [1.807, 2.05) is 30.3 Å². The van der Waals surface area contributed by atoms with Crippen molar-refractivity contribution in [1.29, 1.82) is 0 Å². The lowest BCUT2D eigenvalue weighted by molar-refractivity contribution is 0.610. The molecule has 0 fully saturated rings. The molecule has 0 N–H and O–H groups in total. The van der Waals surface area contributed by atoms with Gasteiger partial charge in [0.2, 0.25) is 0 Å². The van der Waals surface area contributed by atoms with Gasteiger partial charge in [-0.3, -0.25) is 0 Å². The fraction of sp³-hybridized carbons (Fsp3) is 0.214. The first-order chi connectivity index (χ1) is 9.20. The van der Waals surface area contributed by atoms with Crippen LogP contribution in [0.3, 0.4) is 0 Å². The van der Waals surface area contributed by atoms with Crippen molar-refractivity contribution in [2.45, 2.75) is 6.54 Å². The molecule has 0 aliphatic heterocycles. The molecule has 2 rings (SSSR count). The number of nitrogens with zero attached hydrogens (tertiary/aromatic N) is 2. The Morgan fingerprint density at radius 1 is 1.21 bits per heavy atom. The maximum absolute atomic E-state index is 13.9. The molecule has 1 aromatic carbocycles. The highest BCUT2D eigenvalue weighted by molar-refractivity contribution is 6.30. The first-order valence-electron chi connectivity index (χ1n) is 5.86. The fourth-order valence-electron chi connectivity index (χ4n) is 1.81. The summed E-state index contributed by atoms with van der Waals surface area (Å²) in [6.07, 6.45) is 1.44. The van der Waals surface area contributed by atoms with Gasteiger partial charge in [0.25, 0.3) is 0 Å². The standard InChI is InChI=1S/C14H13Cl2FN2/c15-6-7-19(10-11-4-2-1-3-5-11)14-13(17)8-12(16)9-18-14/h1-5,8-9H,6-7,10H2. The van der Waals surface area contributed by atoms with Crippen LogP contribution in [0.4, 0.5) is 10.2 Å². The summed E-state index contributed by atoms with van der Waals surface area (Å²) in [7, 11) is 0. The quantitative estimate of drug-likeness (QED) is 0.772. The molecular formula is C14H13Cl2FN2. The highest BCUT2D eigenvalue weighted by Crippen LogP contribution is 2.21. The van der Waals surface area contributed by atoms with Crippen LogP contribution in [0.15, 0.2) is 42.6 Å². The van der Waals surface area contributed by atoms with Crippen molar-refractivity contribution >= 4 is 29.0 Å². The third-order valence-electron chi connectivity index (χ3n) is 2.66. The van der Waals surface area contributed by atoms with E-state index < -0.39 is 5.82 Å². The number of hydrogen-bond acceptors (Lipinski definition) is 2. The second-order valence-corrected chi connectivity index (χ2v) is 4.87. The third-order valence-corrected chi connectivity index (χ3v) is 3.03. The molecule has 0 aliphatic rings. The van der Waals surface area contributed by atoms with Crippen LogP contribution in [0.25, 0.3) is 0 Å². The number of alkyl halides is 1. The first-order valence-corrected chi connectivity index (χ1v) is 6.78. The van der Waals surface area contributed by atoms with Crippen LogP contribution in [-0.2, 0) is 6.54 Å². The number of anilines is 1. The summed E-state index contributed by atoms with van der Waals surface area (Å²) in [5.74, 6) is 0.235. The minimum Gasteiger partial charge on any atom is -0.349 e. The SMILES string of the molecule is Fc1cc(Cl)cnc1N(CCCl)Cc1ccccc1. The van der Waals surface area contributed by atoms with E-state index in [4.69, 9.17) is 23.2 Å². The molecule has 0 saturated heterocycles. The molecule has 0 saturated carbocycles. The first kappa shape index (κ1) is 14.1. The van der Waals surface area contributed by atoms with Crippen LogP contribution >= 0.6 is 23.2 Å². The average Bonchev–Trinajstić information content (AvgIpc) is 2.39. The van der Waals surface area contributed by atoms with E-state index >= 15 is 0 Å². The lowest BCUT2D eigenvalue weighted by Crippen LogP contribution is -2.26. The summed E-state index contributed by atoms with van der Waals surface area (Å²) in [6.45, 7) is 1.07. The highest BCUT2D eigenvalue weighted by atomic mass is 35.5. The van der Waals surface area contributed by atoms with E-state index in [9.17, 15) is 4.39 Å². The van der Waals surface area contributed by atoms with E-state index in [1.54, 1.807) is 4.90 Å². The van der Waals surface area contributed by atoms with Crippen molar-refractivity contribution in [1.82, 2.24) is 4.98 Å². The zero-order chi connectivity index (χ0) is 13.7. The van der Waals surface area contributed by atoms with Crippen molar-refractivity contribution < 1.29 is 4.39 Å². The van der Waals surface area contributed by atoms with Crippen molar-refractivity contribution in [3.05, 3.63) is 59.0 Å². The minimum absolute atomic E-state index is 0.272. The largest absolute Gasteiger partial charge is 0.349 e. The van der Waals surface area contributed by atoms with Gasteiger partial charge >= 0.3 is 0 Å². The molecule has 0 aliphatic carbocycles. The maximum Gasteiger partial charge on any atom is 0.167 e. The molecule has 1 heterocycles. The lowest BCUT2D eigenvalue weighted by Gasteiger charge is -2.23. The molecule has 0 unspecified atom stereocenters. The van der Waals surface area contributed by atoms with Crippen molar-refractivity contribution in [2.75, 3.05) is 17.3 Å². The molecule has 0 atom stereocenters. The second kappa shape index (κ2) is 6.73. The molecule has 5 heteroatoms. The Bertz CT molecular complexity index is 534. The fourth-order valence-corrected chi connectivity index (χ4v) is 2.15. The Morgan fingerprint density at radius 3 is 2.58 bits per heavy atom. The third kappa shape index (κ3) is 3.82. The zero-order valence-electron chi connectivity index (χ0n) is 10.2. The molecule has 2 aromatic rings. The molecule has 0 radical (unpaired) electrons. The van der Waals surface area contributed by atoms with Crippen LogP contribution in [0.1, 0.15) is 5.56 Å². The molecule has 100 valence electrons. The predicted octanol–water partition coefficient (Wildman–Crippen LogP) is 4.12.